The van der Waals surface area contributed by atoms with Crippen LogP contribution in [0.25, 0.3) is 0 Å². The Morgan fingerprint density at radius 1 is 1.35 bits per heavy atom. The van der Waals surface area contributed by atoms with Crippen molar-refractivity contribution in [3.63, 3.8) is 0 Å². The lowest BCUT2D eigenvalue weighted by atomic mass is 10.2. The lowest BCUT2D eigenvalue weighted by molar-refractivity contribution is 0.509. The maximum atomic E-state index is 12.9. The van der Waals surface area contributed by atoms with E-state index in [0.717, 1.165) is 25.0 Å². The molecule has 0 aliphatic carbocycles. The number of benzene rings is 1. The number of anilines is 1. The van der Waals surface area contributed by atoms with Gasteiger partial charge in [-0.15, -0.1) is 0 Å². The molecule has 0 spiro atoms. The van der Waals surface area contributed by atoms with Gasteiger partial charge in [0.1, 0.15) is 0 Å². The number of nitrogens with one attached hydrogen (secondary N) is 2. The Bertz CT molecular complexity index is 396. The molecular weight excluding hydrogens is 242 g/mol. The van der Waals surface area contributed by atoms with Crippen LogP contribution >= 0.6 is 12.2 Å². The van der Waals surface area contributed by atoms with Crippen molar-refractivity contribution in [3.8, 4) is 0 Å². The minimum atomic E-state index is -0.889. The molecule has 0 radical (unpaired) electrons. The average molecular weight is 258 g/mol. The van der Waals surface area contributed by atoms with Crippen molar-refractivity contribution in [1.82, 2.24) is 5.32 Å². The van der Waals surface area contributed by atoms with Crippen LogP contribution in [-0.4, -0.2) is 11.2 Å². The second kappa shape index (κ2) is 6.49. The Morgan fingerprint density at radius 3 is 2.65 bits per heavy atom. The van der Waals surface area contributed by atoms with Gasteiger partial charge in [-0.3, -0.25) is 0 Å². The molecule has 0 amide bonds. The summed E-state index contributed by atoms with van der Waals surface area (Å²) in [6.07, 6.45) is 2.06. The predicted molar refractivity (Wildman–Crippen MR) is 70.1 cm³/mol. The standard InChI is InChI=1S/C12H16F2N2S/c1-3-4-8(2)15-12(17)16-9-5-6-10(13)11(14)7-9/h5-8H,3-4H2,1-2H3,(H2,15,16,17)/t8-/m0/s1. The molecule has 0 fully saturated rings. The van der Waals surface area contributed by atoms with Crippen LogP contribution in [0.4, 0.5) is 14.5 Å². The van der Waals surface area contributed by atoms with E-state index in [9.17, 15) is 8.78 Å². The van der Waals surface area contributed by atoms with Crippen LogP contribution in [0.5, 0.6) is 0 Å². The quantitative estimate of drug-likeness (QED) is 0.809. The molecule has 1 rings (SSSR count). The average Bonchev–Trinajstić information content (AvgIpc) is 2.23. The summed E-state index contributed by atoms with van der Waals surface area (Å²) < 4.78 is 25.6. The summed E-state index contributed by atoms with van der Waals surface area (Å²) in [7, 11) is 0. The van der Waals surface area contributed by atoms with Crippen molar-refractivity contribution in [3.05, 3.63) is 29.8 Å². The third-order valence-corrected chi connectivity index (χ3v) is 2.50. The Balaban J connectivity index is 2.53. The van der Waals surface area contributed by atoms with Gasteiger partial charge >= 0.3 is 0 Å². The Hall–Kier alpha value is -1.23. The minimum Gasteiger partial charge on any atom is -0.360 e. The van der Waals surface area contributed by atoms with Gasteiger partial charge in [-0.05, 0) is 37.7 Å². The van der Waals surface area contributed by atoms with E-state index < -0.39 is 11.6 Å². The first-order valence-electron chi connectivity index (χ1n) is 5.55. The summed E-state index contributed by atoms with van der Waals surface area (Å²) >= 11 is 5.06. The number of rotatable bonds is 4. The van der Waals surface area contributed by atoms with Gasteiger partial charge < -0.3 is 10.6 Å². The third-order valence-electron chi connectivity index (χ3n) is 2.28. The van der Waals surface area contributed by atoms with E-state index in [1.807, 2.05) is 6.92 Å². The summed E-state index contributed by atoms with van der Waals surface area (Å²) in [5, 5.41) is 6.29. The van der Waals surface area contributed by atoms with Crippen LogP contribution in [0.3, 0.4) is 0 Å². The molecule has 0 aliphatic rings. The lowest BCUT2D eigenvalue weighted by Crippen LogP contribution is -2.35. The highest BCUT2D eigenvalue weighted by Gasteiger charge is 2.05. The van der Waals surface area contributed by atoms with Crippen molar-refractivity contribution in [1.29, 1.82) is 0 Å². The van der Waals surface area contributed by atoms with E-state index in [-0.39, 0.29) is 6.04 Å². The van der Waals surface area contributed by atoms with Crippen molar-refractivity contribution in [2.75, 3.05) is 5.32 Å². The summed E-state index contributed by atoms with van der Waals surface area (Å²) in [6.45, 7) is 4.10. The molecule has 1 atom stereocenters. The largest absolute Gasteiger partial charge is 0.360 e. The molecule has 0 aromatic heterocycles. The van der Waals surface area contributed by atoms with Crippen LogP contribution in [0.1, 0.15) is 26.7 Å². The van der Waals surface area contributed by atoms with E-state index >= 15 is 0 Å². The van der Waals surface area contributed by atoms with Crippen molar-refractivity contribution >= 4 is 23.0 Å². The van der Waals surface area contributed by atoms with Crippen molar-refractivity contribution < 1.29 is 8.78 Å². The molecule has 0 saturated heterocycles. The summed E-state index contributed by atoms with van der Waals surface area (Å²) in [6, 6.07) is 3.84. The molecule has 2 N–H and O–H groups in total. The molecule has 0 saturated carbocycles. The highest BCUT2D eigenvalue weighted by Crippen LogP contribution is 2.12. The fraction of sp³-hybridized carbons (Fsp3) is 0.417. The normalized spacial score (nSPS) is 12.0. The predicted octanol–water partition coefficient (Wildman–Crippen LogP) is 3.44. The van der Waals surface area contributed by atoms with Gasteiger partial charge in [-0.25, -0.2) is 8.78 Å². The van der Waals surface area contributed by atoms with Gasteiger partial charge in [-0.1, -0.05) is 13.3 Å². The van der Waals surface area contributed by atoms with Gasteiger partial charge in [0.25, 0.3) is 0 Å². The molecule has 0 bridgehead atoms. The molecule has 0 unspecified atom stereocenters. The molecule has 5 heteroatoms. The van der Waals surface area contributed by atoms with Gasteiger partial charge in [0.2, 0.25) is 0 Å². The van der Waals surface area contributed by atoms with E-state index in [0.29, 0.717) is 10.8 Å². The number of thiocarbonyl (C=S) groups is 1. The highest BCUT2D eigenvalue weighted by molar-refractivity contribution is 7.80. The fourth-order valence-corrected chi connectivity index (χ4v) is 1.79. The van der Waals surface area contributed by atoms with Gasteiger partial charge in [0.05, 0.1) is 0 Å². The molecule has 0 aliphatic heterocycles. The number of hydrogen-bond donors (Lipinski definition) is 2. The maximum absolute atomic E-state index is 12.9. The van der Waals surface area contributed by atoms with Crippen LogP contribution in [-0.2, 0) is 0 Å². The SMILES string of the molecule is CCC[C@H](C)NC(=S)Nc1ccc(F)c(F)c1. The minimum absolute atomic E-state index is 0.255. The zero-order valence-corrected chi connectivity index (χ0v) is 10.7. The lowest BCUT2D eigenvalue weighted by Gasteiger charge is -2.16. The van der Waals surface area contributed by atoms with Crippen LogP contribution in [0.15, 0.2) is 18.2 Å². The molecular formula is C12H16F2N2S. The van der Waals surface area contributed by atoms with E-state index in [2.05, 4.69) is 17.6 Å². The monoisotopic (exact) mass is 258 g/mol. The molecule has 2 nitrogen and oxygen atoms in total. The maximum Gasteiger partial charge on any atom is 0.170 e. The molecule has 1 aromatic rings. The Morgan fingerprint density at radius 2 is 2.06 bits per heavy atom. The summed E-state index contributed by atoms with van der Waals surface area (Å²) in [5.74, 6) is -1.76. The van der Waals surface area contributed by atoms with Gasteiger partial charge in [0.15, 0.2) is 16.7 Å². The number of hydrogen-bond acceptors (Lipinski definition) is 1. The smallest absolute Gasteiger partial charge is 0.170 e. The molecule has 0 heterocycles. The summed E-state index contributed by atoms with van der Waals surface area (Å²) in [4.78, 5) is 0. The first-order chi connectivity index (χ1) is 8.02. The summed E-state index contributed by atoms with van der Waals surface area (Å²) in [5.41, 5.74) is 0.435. The zero-order chi connectivity index (χ0) is 12.8. The van der Waals surface area contributed by atoms with Crippen molar-refractivity contribution in [2.45, 2.75) is 32.7 Å². The van der Waals surface area contributed by atoms with Gasteiger partial charge in [0, 0.05) is 17.8 Å². The second-order valence-electron chi connectivity index (χ2n) is 3.92. The third kappa shape index (κ3) is 4.65. The topological polar surface area (TPSA) is 24.1 Å². The van der Waals surface area contributed by atoms with Crippen LogP contribution in [0, 0.1) is 11.6 Å². The molecule has 1 aromatic carbocycles. The van der Waals surface area contributed by atoms with Crippen LogP contribution in [0.2, 0.25) is 0 Å². The first-order valence-corrected chi connectivity index (χ1v) is 5.96. The first kappa shape index (κ1) is 13.8. The Kier molecular flexibility index (Phi) is 5.28. The van der Waals surface area contributed by atoms with Gasteiger partial charge in [-0.2, -0.15) is 0 Å². The Labute approximate surface area is 105 Å². The van der Waals surface area contributed by atoms with Crippen LogP contribution < -0.4 is 10.6 Å². The molecule has 17 heavy (non-hydrogen) atoms. The highest BCUT2D eigenvalue weighted by atomic mass is 32.1. The van der Waals surface area contributed by atoms with E-state index in [4.69, 9.17) is 12.2 Å². The van der Waals surface area contributed by atoms with Crippen molar-refractivity contribution in [2.24, 2.45) is 0 Å². The number of halogens is 2. The van der Waals surface area contributed by atoms with E-state index in [1.54, 1.807) is 0 Å². The van der Waals surface area contributed by atoms with E-state index in [1.165, 1.54) is 6.07 Å². The molecule has 94 valence electrons. The second-order valence-corrected chi connectivity index (χ2v) is 4.33. The fourth-order valence-electron chi connectivity index (χ4n) is 1.47. The zero-order valence-electron chi connectivity index (χ0n) is 9.89.